The second-order valence-electron chi connectivity index (χ2n) is 3.96. The van der Waals surface area contributed by atoms with Crippen molar-refractivity contribution in [3.05, 3.63) is 55.9 Å². The van der Waals surface area contributed by atoms with Crippen LogP contribution in [0, 0.1) is 3.57 Å². The highest BCUT2D eigenvalue weighted by atomic mass is 127. The van der Waals surface area contributed by atoms with Gasteiger partial charge in [-0.25, -0.2) is 9.97 Å². The molecule has 2 heterocycles. The zero-order valence-electron chi connectivity index (χ0n) is 9.98. The van der Waals surface area contributed by atoms with E-state index in [-0.39, 0.29) is 0 Å². The number of furan rings is 1. The van der Waals surface area contributed by atoms with Crippen molar-refractivity contribution >= 4 is 50.1 Å². The molecule has 20 heavy (non-hydrogen) atoms. The fraction of sp³-hybridized carbons (Fsp3) is 0. The van der Waals surface area contributed by atoms with Crippen molar-refractivity contribution in [2.45, 2.75) is 0 Å². The van der Waals surface area contributed by atoms with Crippen LogP contribution in [-0.2, 0) is 0 Å². The molecule has 100 valence electrons. The van der Waals surface area contributed by atoms with E-state index in [1.54, 1.807) is 12.3 Å². The van der Waals surface area contributed by atoms with Crippen LogP contribution >= 0.6 is 50.1 Å². The number of halogens is 3. The Morgan fingerprint density at radius 3 is 2.50 bits per heavy atom. The van der Waals surface area contributed by atoms with Gasteiger partial charge in [-0.05, 0) is 44.6 Å². The van der Waals surface area contributed by atoms with Gasteiger partial charge in [0.05, 0.1) is 20.0 Å². The first kappa shape index (κ1) is 14.0. The summed E-state index contributed by atoms with van der Waals surface area (Å²) in [6, 6.07) is 11.7. The van der Waals surface area contributed by atoms with Gasteiger partial charge in [-0.2, -0.15) is 0 Å². The standard InChI is InChI=1S/C14H7BrClIN2O/c15-9-6-7-20-12(9)14-18-11(10(17)13(16)19-14)8-4-2-1-3-5-8/h1-7H. The SMILES string of the molecule is Clc1nc(-c2occc2Br)nc(-c2ccccc2)c1I. The van der Waals surface area contributed by atoms with E-state index >= 15 is 0 Å². The van der Waals surface area contributed by atoms with E-state index in [0.717, 1.165) is 19.3 Å². The lowest BCUT2D eigenvalue weighted by atomic mass is 10.1. The highest BCUT2D eigenvalue weighted by molar-refractivity contribution is 14.1. The van der Waals surface area contributed by atoms with E-state index in [0.29, 0.717) is 16.7 Å². The quantitative estimate of drug-likeness (QED) is 0.378. The van der Waals surface area contributed by atoms with Crippen molar-refractivity contribution in [2.75, 3.05) is 0 Å². The lowest BCUT2D eigenvalue weighted by Crippen LogP contribution is -1.97. The number of aromatic nitrogens is 2. The highest BCUT2D eigenvalue weighted by Gasteiger charge is 2.17. The van der Waals surface area contributed by atoms with Crippen molar-refractivity contribution in [3.8, 4) is 22.8 Å². The summed E-state index contributed by atoms with van der Waals surface area (Å²) in [6.45, 7) is 0. The number of benzene rings is 1. The van der Waals surface area contributed by atoms with E-state index in [4.69, 9.17) is 16.0 Å². The summed E-state index contributed by atoms with van der Waals surface area (Å²) in [7, 11) is 0. The van der Waals surface area contributed by atoms with Crippen molar-refractivity contribution in [1.82, 2.24) is 9.97 Å². The molecule has 0 saturated carbocycles. The first-order valence-corrected chi connectivity index (χ1v) is 7.93. The molecule has 3 rings (SSSR count). The molecule has 0 aliphatic rings. The van der Waals surface area contributed by atoms with Crippen LogP contribution in [0.3, 0.4) is 0 Å². The van der Waals surface area contributed by atoms with Gasteiger partial charge < -0.3 is 4.42 Å². The molecule has 0 bridgehead atoms. The molecule has 0 unspecified atom stereocenters. The van der Waals surface area contributed by atoms with Crippen LogP contribution in [0.4, 0.5) is 0 Å². The van der Waals surface area contributed by atoms with Crippen LogP contribution in [0.1, 0.15) is 0 Å². The van der Waals surface area contributed by atoms with Crippen LogP contribution in [0.25, 0.3) is 22.8 Å². The molecule has 3 nitrogen and oxygen atoms in total. The minimum atomic E-state index is 0.415. The first-order chi connectivity index (χ1) is 9.66. The van der Waals surface area contributed by atoms with Crippen LogP contribution < -0.4 is 0 Å². The van der Waals surface area contributed by atoms with Gasteiger partial charge in [0.15, 0.2) is 11.6 Å². The second kappa shape index (κ2) is 5.83. The lowest BCUT2D eigenvalue weighted by molar-refractivity contribution is 0.576. The van der Waals surface area contributed by atoms with Gasteiger partial charge in [-0.1, -0.05) is 41.9 Å². The van der Waals surface area contributed by atoms with E-state index < -0.39 is 0 Å². The number of rotatable bonds is 2. The lowest BCUT2D eigenvalue weighted by Gasteiger charge is -2.07. The van der Waals surface area contributed by atoms with Gasteiger partial charge in [-0.15, -0.1) is 0 Å². The summed E-state index contributed by atoms with van der Waals surface area (Å²) in [6.07, 6.45) is 1.58. The fourth-order valence-corrected chi connectivity index (χ4v) is 2.86. The third-order valence-corrected chi connectivity index (χ3v) is 4.92. The van der Waals surface area contributed by atoms with E-state index in [1.165, 1.54) is 0 Å². The van der Waals surface area contributed by atoms with Crippen molar-refractivity contribution in [2.24, 2.45) is 0 Å². The molecule has 0 aliphatic carbocycles. The number of hydrogen-bond donors (Lipinski definition) is 0. The topological polar surface area (TPSA) is 38.9 Å². The van der Waals surface area contributed by atoms with Crippen molar-refractivity contribution in [3.63, 3.8) is 0 Å². The molecule has 0 spiro atoms. The van der Waals surface area contributed by atoms with E-state index in [1.807, 2.05) is 30.3 Å². The third kappa shape index (κ3) is 2.62. The Bertz CT molecular complexity index is 761. The number of nitrogens with zero attached hydrogens (tertiary/aromatic N) is 2. The van der Waals surface area contributed by atoms with Gasteiger partial charge >= 0.3 is 0 Å². The Hall–Kier alpha value is -0.920. The zero-order valence-corrected chi connectivity index (χ0v) is 14.5. The van der Waals surface area contributed by atoms with Crippen LogP contribution in [-0.4, -0.2) is 9.97 Å². The minimum Gasteiger partial charge on any atom is -0.460 e. The first-order valence-electron chi connectivity index (χ1n) is 5.68. The van der Waals surface area contributed by atoms with Gasteiger partial charge in [0.2, 0.25) is 0 Å². The second-order valence-corrected chi connectivity index (χ2v) is 6.26. The molecule has 2 aromatic heterocycles. The van der Waals surface area contributed by atoms with Crippen LogP contribution in [0.2, 0.25) is 5.15 Å². The van der Waals surface area contributed by atoms with Crippen molar-refractivity contribution < 1.29 is 4.42 Å². The van der Waals surface area contributed by atoms with Gasteiger partial charge in [0, 0.05) is 5.56 Å². The molecule has 0 N–H and O–H groups in total. The van der Waals surface area contributed by atoms with Crippen LogP contribution in [0.15, 0.2) is 51.6 Å². The maximum absolute atomic E-state index is 6.22. The monoisotopic (exact) mass is 460 g/mol. The van der Waals surface area contributed by atoms with E-state index in [2.05, 4.69) is 48.5 Å². The molecule has 0 amide bonds. The predicted molar refractivity (Wildman–Crippen MR) is 90.6 cm³/mol. The van der Waals surface area contributed by atoms with Gasteiger partial charge in [0.25, 0.3) is 0 Å². The zero-order chi connectivity index (χ0) is 14.1. The molecule has 0 atom stereocenters. The maximum atomic E-state index is 6.22. The van der Waals surface area contributed by atoms with Crippen LogP contribution in [0.5, 0.6) is 0 Å². The Balaban J connectivity index is 2.21. The Labute approximate surface area is 142 Å². The Kier molecular flexibility index (Phi) is 4.09. The Morgan fingerprint density at radius 2 is 1.85 bits per heavy atom. The largest absolute Gasteiger partial charge is 0.460 e. The minimum absolute atomic E-state index is 0.415. The molecular formula is C14H7BrClIN2O. The Morgan fingerprint density at radius 1 is 1.10 bits per heavy atom. The molecule has 0 saturated heterocycles. The molecule has 0 fully saturated rings. The molecule has 0 radical (unpaired) electrons. The normalized spacial score (nSPS) is 10.8. The smallest absolute Gasteiger partial charge is 0.198 e. The van der Waals surface area contributed by atoms with E-state index in [9.17, 15) is 0 Å². The summed E-state index contributed by atoms with van der Waals surface area (Å²) >= 11 is 11.8. The summed E-state index contributed by atoms with van der Waals surface area (Å²) in [5.74, 6) is 1.03. The van der Waals surface area contributed by atoms with Gasteiger partial charge in [0.1, 0.15) is 5.15 Å². The molecule has 6 heteroatoms. The molecule has 1 aromatic carbocycles. The summed E-state index contributed by atoms with van der Waals surface area (Å²) < 4.78 is 7.02. The predicted octanol–water partition coefficient (Wildman–Crippen LogP) is 5.42. The average Bonchev–Trinajstić information content (AvgIpc) is 2.89. The molecule has 0 aliphatic heterocycles. The molecular weight excluding hydrogens is 454 g/mol. The summed E-state index contributed by atoms with van der Waals surface area (Å²) in [4.78, 5) is 8.87. The maximum Gasteiger partial charge on any atom is 0.198 e. The highest BCUT2D eigenvalue weighted by Crippen LogP contribution is 2.33. The van der Waals surface area contributed by atoms with Crippen molar-refractivity contribution in [1.29, 1.82) is 0 Å². The van der Waals surface area contributed by atoms with Gasteiger partial charge in [-0.3, -0.25) is 0 Å². The fourth-order valence-electron chi connectivity index (χ4n) is 1.76. The molecule has 3 aromatic rings. The summed E-state index contributed by atoms with van der Waals surface area (Å²) in [5, 5.41) is 0.415. The third-order valence-electron chi connectivity index (χ3n) is 2.68. The summed E-state index contributed by atoms with van der Waals surface area (Å²) in [5.41, 5.74) is 1.79. The average molecular weight is 461 g/mol. The number of hydrogen-bond acceptors (Lipinski definition) is 3.